The van der Waals surface area contributed by atoms with Crippen molar-refractivity contribution in [3.8, 4) is 11.5 Å². The predicted molar refractivity (Wildman–Crippen MR) is 81.3 cm³/mol. The Labute approximate surface area is 132 Å². The number of furan rings is 1. The Hall–Kier alpha value is -3.22. The first-order valence-corrected chi connectivity index (χ1v) is 6.57. The Bertz CT molecular complexity index is 733. The van der Waals surface area contributed by atoms with E-state index >= 15 is 0 Å². The predicted octanol–water partition coefficient (Wildman–Crippen LogP) is 2.15. The normalized spacial score (nSPS) is 11.0. The molecule has 0 radical (unpaired) electrons. The molecule has 23 heavy (non-hydrogen) atoms. The number of carbonyl (C=O) groups excluding carboxylic acids is 1. The number of aliphatic carboxylic acids is 1. The van der Waals surface area contributed by atoms with Crippen molar-refractivity contribution in [1.82, 2.24) is 5.32 Å². The molecule has 2 N–H and O–H groups in total. The molecule has 0 spiro atoms. The van der Waals surface area contributed by atoms with Crippen molar-refractivity contribution in [2.24, 2.45) is 0 Å². The van der Waals surface area contributed by atoms with Crippen molar-refractivity contribution in [1.29, 1.82) is 0 Å². The van der Waals surface area contributed by atoms with E-state index in [0.717, 1.165) is 0 Å². The van der Waals surface area contributed by atoms with Crippen molar-refractivity contribution in [2.75, 3.05) is 14.2 Å². The third-order valence-corrected chi connectivity index (χ3v) is 2.94. The summed E-state index contributed by atoms with van der Waals surface area (Å²) in [4.78, 5) is 23.2. The minimum Gasteiger partial charge on any atom is -0.493 e. The molecular formula is C16H15NO6. The first-order chi connectivity index (χ1) is 11.0. The van der Waals surface area contributed by atoms with E-state index in [1.54, 1.807) is 18.2 Å². The summed E-state index contributed by atoms with van der Waals surface area (Å²) in [5, 5.41) is 11.5. The fourth-order valence-electron chi connectivity index (χ4n) is 1.85. The topological polar surface area (TPSA) is 98.0 Å². The highest BCUT2D eigenvalue weighted by Crippen LogP contribution is 2.28. The Kier molecular flexibility index (Phi) is 5.03. The maximum Gasteiger partial charge on any atom is 0.352 e. The fraction of sp³-hybridized carbons (Fsp3) is 0.125. The van der Waals surface area contributed by atoms with Crippen LogP contribution in [0.15, 0.2) is 46.7 Å². The number of benzene rings is 1. The zero-order valence-corrected chi connectivity index (χ0v) is 12.5. The lowest BCUT2D eigenvalue weighted by Gasteiger charge is -2.09. The molecule has 7 heteroatoms. The third kappa shape index (κ3) is 3.91. The van der Waals surface area contributed by atoms with Crippen LogP contribution >= 0.6 is 0 Å². The summed E-state index contributed by atoms with van der Waals surface area (Å²) in [6.07, 6.45) is 2.64. The molecule has 7 nitrogen and oxygen atoms in total. The van der Waals surface area contributed by atoms with Gasteiger partial charge in [-0.2, -0.15) is 0 Å². The van der Waals surface area contributed by atoms with Gasteiger partial charge in [-0.05, 0) is 35.9 Å². The Morgan fingerprint density at radius 3 is 2.48 bits per heavy atom. The van der Waals surface area contributed by atoms with Crippen LogP contribution in [0.5, 0.6) is 11.5 Å². The van der Waals surface area contributed by atoms with E-state index in [0.29, 0.717) is 17.1 Å². The molecule has 1 heterocycles. The molecule has 0 aliphatic rings. The van der Waals surface area contributed by atoms with Gasteiger partial charge in [0.25, 0.3) is 5.91 Å². The standard InChI is InChI=1S/C16H15NO6/c1-21-12-6-5-10(9-14(12)22-2)8-11(16(19)20)17-15(18)13-4-3-7-23-13/h3-9H,1-2H3,(H,17,18)(H,19,20)/b11-8-. The molecule has 1 amide bonds. The van der Waals surface area contributed by atoms with E-state index in [2.05, 4.69) is 5.32 Å². The summed E-state index contributed by atoms with van der Waals surface area (Å²) in [7, 11) is 2.97. The van der Waals surface area contributed by atoms with Crippen LogP contribution in [0.4, 0.5) is 0 Å². The number of amides is 1. The summed E-state index contributed by atoms with van der Waals surface area (Å²) in [6, 6.07) is 7.85. The second-order valence-corrected chi connectivity index (χ2v) is 4.41. The number of hydrogen-bond donors (Lipinski definition) is 2. The first-order valence-electron chi connectivity index (χ1n) is 6.57. The van der Waals surface area contributed by atoms with Crippen molar-refractivity contribution in [2.45, 2.75) is 0 Å². The minimum absolute atomic E-state index is 0.0180. The fourth-order valence-corrected chi connectivity index (χ4v) is 1.85. The van der Waals surface area contributed by atoms with Gasteiger partial charge < -0.3 is 24.3 Å². The minimum atomic E-state index is -1.28. The molecule has 1 aromatic carbocycles. The quantitative estimate of drug-likeness (QED) is 0.792. The number of rotatable bonds is 6. The van der Waals surface area contributed by atoms with Crippen molar-refractivity contribution < 1.29 is 28.6 Å². The molecule has 0 fully saturated rings. The van der Waals surface area contributed by atoms with Gasteiger partial charge in [-0.3, -0.25) is 4.79 Å². The average molecular weight is 317 g/mol. The molecule has 0 unspecified atom stereocenters. The van der Waals surface area contributed by atoms with E-state index in [1.807, 2.05) is 0 Å². The van der Waals surface area contributed by atoms with Crippen molar-refractivity contribution >= 4 is 18.0 Å². The molecular weight excluding hydrogens is 302 g/mol. The van der Waals surface area contributed by atoms with Gasteiger partial charge in [-0.1, -0.05) is 6.07 Å². The largest absolute Gasteiger partial charge is 0.493 e. The molecule has 2 aromatic rings. The van der Waals surface area contributed by atoms with Crippen LogP contribution in [0.1, 0.15) is 16.1 Å². The lowest BCUT2D eigenvalue weighted by Crippen LogP contribution is -2.26. The summed E-state index contributed by atoms with van der Waals surface area (Å²) >= 11 is 0. The van der Waals surface area contributed by atoms with Gasteiger partial charge in [0.15, 0.2) is 17.3 Å². The smallest absolute Gasteiger partial charge is 0.352 e. The van der Waals surface area contributed by atoms with Crippen LogP contribution in [-0.4, -0.2) is 31.2 Å². The van der Waals surface area contributed by atoms with Gasteiger partial charge in [0.05, 0.1) is 20.5 Å². The van der Waals surface area contributed by atoms with E-state index in [9.17, 15) is 14.7 Å². The molecule has 0 saturated carbocycles. The maximum atomic E-state index is 11.9. The molecule has 0 saturated heterocycles. The second kappa shape index (κ2) is 7.17. The van der Waals surface area contributed by atoms with Crippen LogP contribution in [0.3, 0.4) is 0 Å². The number of carboxylic acid groups (broad SMARTS) is 1. The maximum absolute atomic E-state index is 11.9. The van der Waals surface area contributed by atoms with Crippen LogP contribution in [0.2, 0.25) is 0 Å². The van der Waals surface area contributed by atoms with Crippen LogP contribution in [0, 0.1) is 0 Å². The van der Waals surface area contributed by atoms with Gasteiger partial charge in [0.1, 0.15) is 5.70 Å². The Morgan fingerprint density at radius 1 is 1.17 bits per heavy atom. The third-order valence-electron chi connectivity index (χ3n) is 2.94. The molecule has 0 bridgehead atoms. The van der Waals surface area contributed by atoms with Gasteiger partial charge in [-0.25, -0.2) is 4.79 Å². The zero-order chi connectivity index (χ0) is 16.8. The number of hydrogen-bond acceptors (Lipinski definition) is 5. The number of carboxylic acids is 1. The van der Waals surface area contributed by atoms with Crippen LogP contribution < -0.4 is 14.8 Å². The molecule has 0 aliphatic heterocycles. The number of nitrogens with one attached hydrogen (secondary N) is 1. The monoisotopic (exact) mass is 317 g/mol. The molecule has 0 aliphatic carbocycles. The number of carbonyl (C=O) groups is 2. The highest BCUT2D eigenvalue weighted by atomic mass is 16.5. The van der Waals surface area contributed by atoms with Crippen molar-refractivity contribution in [3.05, 3.63) is 53.6 Å². The molecule has 0 atom stereocenters. The van der Waals surface area contributed by atoms with E-state index in [-0.39, 0.29) is 11.5 Å². The molecule has 120 valence electrons. The van der Waals surface area contributed by atoms with Crippen molar-refractivity contribution in [3.63, 3.8) is 0 Å². The lowest BCUT2D eigenvalue weighted by atomic mass is 10.1. The first kappa shape index (κ1) is 16.2. The summed E-state index contributed by atoms with van der Waals surface area (Å²) in [6.45, 7) is 0. The Balaban J connectivity index is 2.28. The van der Waals surface area contributed by atoms with Crippen LogP contribution in [0.25, 0.3) is 6.08 Å². The van der Waals surface area contributed by atoms with E-state index < -0.39 is 11.9 Å². The lowest BCUT2D eigenvalue weighted by molar-refractivity contribution is -0.132. The van der Waals surface area contributed by atoms with Gasteiger partial charge >= 0.3 is 5.97 Å². The second-order valence-electron chi connectivity index (χ2n) is 4.41. The number of ether oxygens (including phenoxy) is 2. The zero-order valence-electron chi connectivity index (χ0n) is 12.5. The van der Waals surface area contributed by atoms with E-state index in [4.69, 9.17) is 13.9 Å². The van der Waals surface area contributed by atoms with Gasteiger partial charge in [-0.15, -0.1) is 0 Å². The average Bonchev–Trinajstić information content (AvgIpc) is 3.08. The molecule has 2 rings (SSSR count). The van der Waals surface area contributed by atoms with Gasteiger partial charge in [0.2, 0.25) is 0 Å². The summed E-state index contributed by atoms with van der Waals surface area (Å²) in [5.41, 5.74) is 0.235. The molecule has 1 aromatic heterocycles. The van der Waals surface area contributed by atoms with Crippen LogP contribution in [-0.2, 0) is 4.79 Å². The Morgan fingerprint density at radius 2 is 1.91 bits per heavy atom. The highest BCUT2D eigenvalue weighted by Gasteiger charge is 2.15. The number of methoxy groups -OCH3 is 2. The highest BCUT2D eigenvalue weighted by molar-refractivity contribution is 6.01. The SMILES string of the molecule is COc1ccc(/C=C(\NC(=O)c2ccco2)C(=O)O)cc1OC. The van der Waals surface area contributed by atoms with E-state index in [1.165, 1.54) is 38.7 Å². The summed E-state index contributed by atoms with van der Waals surface area (Å²) in [5.74, 6) is -0.947. The summed E-state index contributed by atoms with van der Waals surface area (Å²) < 4.78 is 15.2. The van der Waals surface area contributed by atoms with Gasteiger partial charge in [0, 0.05) is 0 Å².